The van der Waals surface area contributed by atoms with Gasteiger partial charge in [0.05, 0.1) is 11.0 Å². The second-order valence-electron chi connectivity index (χ2n) is 4.59. The first-order chi connectivity index (χ1) is 9.56. The number of aryl methyl sites for hydroxylation is 1. The van der Waals surface area contributed by atoms with Crippen molar-refractivity contribution in [1.82, 2.24) is 14.5 Å². The molecular formula is C14H17BrClN3O. The van der Waals surface area contributed by atoms with Gasteiger partial charge < -0.3 is 9.47 Å². The second-order valence-corrected chi connectivity index (χ2v) is 5.89. The highest BCUT2D eigenvalue weighted by Gasteiger charge is 2.15. The van der Waals surface area contributed by atoms with Crippen LogP contribution in [0.1, 0.15) is 12.7 Å². The number of hydrogen-bond acceptors (Lipinski definition) is 2. The average molecular weight is 359 g/mol. The number of alkyl halides is 1. The normalized spacial score (nSPS) is 11.0. The fraction of sp³-hybridized carbons (Fsp3) is 0.429. The predicted octanol–water partition coefficient (Wildman–Crippen LogP) is 3.06. The highest BCUT2D eigenvalue weighted by Crippen LogP contribution is 2.21. The Bertz CT molecular complexity index is 626. The molecule has 6 heteroatoms. The van der Waals surface area contributed by atoms with Gasteiger partial charge in [0.2, 0.25) is 5.91 Å². The van der Waals surface area contributed by atoms with Crippen LogP contribution < -0.4 is 0 Å². The Morgan fingerprint density at radius 1 is 1.50 bits per heavy atom. The minimum atomic E-state index is 0.0718. The molecule has 0 atom stereocenters. The van der Waals surface area contributed by atoms with Gasteiger partial charge in [-0.1, -0.05) is 15.9 Å². The highest BCUT2D eigenvalue weighted by molar-refractivity contribution is 9.10. The summed E-state index contributed by atoms with van der Waals surface area (Å²) in [6.45, 7) is 2.95. The van der Waals surface area contributed by atoms with Crippen molar-refractivity contribution in [2.24, 2.45) is 0 Å². The topological polar surface area (TPSA) is 38.1 Å². The highest BCUT2D eigenvalue weighted by atomic mass is 79.9. The Balaban J connectivity index is 2.44. The van der Waals surface area contributed by atoms with Gasteiger partial charge in [0.1, 0.15) is 12.4 Å². The van der Waals surface area contributed by atoms with Crippen molar-refractivity contribution in [2.75, 3.05) is 19.5 Å². The molecule has 2 aromatic rings. The molecule has 108 valence electrons. The molecule has 0 spiro atoms. The lowest BCUT2D eigenvalue weighted by molar-refractivity contribution is -0.130. The molecule has 1 aromatic carbocycles. The van der Waals surface area contributed by atoms with Gasteiger partial charge in [-0.05, 0) is 25.1 Å². The number of imidazole rings is 1. The van der Waals surface area contributed by atoms with E-state index in [1.807, 2.05) is 29.7 Å². The van der Waals surface area contributed by atoms with Crippen LogP contribution in [0.5, 0.6) is 0 Å². The van der Waals surface area contributed by atoms with Gasteiger partial charge in [-0.25, -0.2) is 4.98 Å². The fourth-order valence-corrected chi connectivity index (χ4v) is 2.55. The molecule has 0 N–H and O–H groups in total. The first-order valence-electron chi connectivity index (χ1n) is 6.51. The third-order valence-electron chi connectivity index (χ3n) is 3.30. The summed E-state index contributed by atoms with van der Waals surface area (Å²) in [7, 11) is 1.80. The van der Waals surface area contributed by atoms with E-state index < -0.39 is 0 Å². The van der Waals surface area contributed by atoms with Crippen molar-refractivity contribution in [3.8, 4) is 0 Å². The number of aromatic nitrogens is 2. The Labute approximate surface area is 131 Å². The van der Waals surface area contributed by atoms with E-state index in [9.17, 15) is 4.79 Å². The number of rotatable bonds is 5. The van der Waals surface area contributed by atoms with Crippen LogP contribution in [0.15, 0.2) is 22.7 Å². The van der Waals surface area contributed by atoms with Crippen LogP contribution in [0.4, 0.5) is 0 Å². The quantitative estimate of drug-likeness (QED) is 0.771. The molecule has 1 amide bonds. The van der Waals surface area contributed by atoms with Crippen molar-refractivity contribution in [3.63, 3.8) is 0 Å². The zero-order valence-corrected chi connectivity index (χ0v) is 13.9. The van der Waals surface area contributed by atoms with Gasteiger partial charge in [0.15, 0.2) is 0 Å². The van der Waals surface area contributed by atoms with E-state index in [-0.39, 0.29) is 5.91 Å². The van der Waals surface area contributed by atoms with Crippen molar-refractivity contribution in [2.45, 2.75) is 19.9 Å². The molecule has 0 aliphatic rings. The number of benzene rings is 1. The molecule has 0 aliphatic heterocycles. The third kappa shape index (κ3) is 3.15. The largest absolute Gasteiger partial charge is 0.344 e. The summed E-state index contributed by atoms with van der Waals surface area (Å²) in [5, 5.41) is 0. The molecule has 0 saturated heterocycles. The first-order valence-corrected chi connectivity index (χ1v) is 7.84. The minimum absolute atomic E-state index is 0.0718. The number of hydrogen-bond donors (Lipinski definition) is 0. The fourth-order valence-electron chi connectivity index (χ4n) is 2.03. The van der Waals surface area contributed by atoms with Gasteiger partial charge in [0, 0.05) is 30.4 Å². The summed E-state index contributed by atoms with van der Waals surface area (Å²) in [4.78, 5) is 18.4. The number of amides is 1. The smallest absolute Gasteiger partial charge is 0.242 e. The van der Waals surface area contributed by atoms with Crippen LogP contribution >= 0.6 is 27.5 Å². The third-order valence-corrected chi connectivity index (χ3v) is 3.98. The van der Waals surface area contributed by atoms with Crippen molar-refractivity contribution in [3.05, 3.63) is 28.5 Å². The molecule has 0 aliphatic carbocycles. The first kappa shape index (κ1) is 15.3. The van der Waals surface area contributed by atoms with E-state index in [0.29, 0.717) is 25.4 Å². The second kappa shape index (κ2) is 6.59. The maximum atomic E-state index is 12.2. The van der Waals surface area contributed by atoms with Gasteiger partial charge in [-0.3, -0.25) is 4.79 Å². The number of fused-ring (bicyclic) bond motifs is 1. The summed E-state index contributed by atoms with van der Waals surface area (Å²) in [6, 6.07) is 5.88. The zero-order chi connectivity index (χ0) is 14.7. The molecule has 0 radical (unpaired) electrons. The Morgan fingerprint density at radius 2 is 2.25 bits per heavy atom. The van der Waals surface area contributed by atoms with Gasteiger partial charge >= 0.3 is 0 Å². The summed E-state index contributed by atoms with van der Waals surface area (Å²) >= 11 is 9.30. The van der Waals surface area contributed by atoms with E-state index >= 15 is 0 Å². The Kier molecular flexibility index (Phi) is 5.05. The molecule has 2 rings (SSSR count). The van der Waals surface area contributed by atoms with Crippen molar-refractivity contribution < 1.29 is 4.79 Å². The van der Waals surface area contributed by atoms with Crippen LogP contribution in [0.2, 0.25) is 0 Å². The van der Waals surface area contributed by atoms with E-state index in [1.165, 1.54) is 0 Å². The summed E-state index contributed by atoms with van der Waals surface area (Å²) in [5.41, 5.74) is 1.85. The van der Waals surface area contributed by atoms with Crippen molar-refractivity contribution in [1.29, 1.82) is 0 Å². The van der Waals surface area contributed by atoms with Crippen LogP contribution in [-0.2, 0) is 17.8 Å². The summed E-state index contributed by atoms with van der Waals surface area (Å²) in [5.74, 6) is 1.41. The molecule has 0 fully saturated rings. The summed E-state index contributed by atoms with van der Waals surface area (Å²) < 4.78 is 2.93. The van der Waals surface area contributed by atoms with Crippen LogP contribution in [0.25, 0.3) is 11.0 Å². The lowest BCUT2D eigenvalue weighted by atomic mass is 10.3. The molecular weight excluding hydrogens is 342 g/mol. The Hall–Kier alpha value is -1.07. The van der Waals surface area contributed by atoms with Crippen LogP contribution in [0.3, 0.4) is 0 Å². The zero-order valence-electron chi connectivity index (χ0n) is 11.6. The van der Waals surface area contributed by atoms with E-state index in [1.54, 1.807) is 11.9 Å². The van der Waals surface area contributed by atoms with E-state index in [2.05, 4.69) is 20.9 Å². The van der Waals surface area contributed by atoms with E-state index in [0.717, 1.165) is 21.3 Å². The standard InChI is InChI=1S/C14H17BrClN3O/c1-3-18(2)14(20)9-19-12-8-10(15)4-5-11(12)17-13(19)6-7-16/h4-5,8H,3,6-7,9H2,1-2H3. The maximum Gasteiger partial charge on any atom is 0.242 e. The number of carbonyl (C=O) groups excluding carboxylic acids is 1. The molecule has 0 unspecified atom stereocenters. The van der Waals surface area contributed by atoms with Crippen LogP contribution in [-0.4, -0.2) is 39.8 Å². The number of nitrogens with zero attached hydrogens (tertiary/aromatic N) is 3. The number of likely N-dealkylation sites (N-methyl/N-ethyl adjacent to an activating group) is 1. The molecule has 1 aromatic heterocycles. The monoisotopic (exact) mass is 357 g/mol. The SMILES string of the molecule is CCN(C)C(=O)Cn1c(CCCl)nc2ccc(Br)cc21. The average Bonchev–Trinajstić information content (AvgIpc) is 2.76. The maximum absolute atomic E-state index is 12.2. The van der Waals surface area contributed by atoms with Crippen molar-refractivity contribution >= 4 is 44.5 Å². The van der Waals surface area contributed by atoms with E-state index in [4.69, 9.17) is 11.6 Å². The van der Waals surface area contributed by atoms with Gasteiger partial charge in [-0.15, -0.1) is 11.6 Å². The molecule has 20 heavy (non-hydrogen) atoms. The summed E-state index contributed by atoms with van der Waals surface area (Å²) in [6.07, 6.45) is 0.650. The molecule has 0 bridgehead atoms. The molecule has 1 heterocycles. The predicted molar refractivity (Wildman–Crippen MR) is 85.2 cm³/mol. The number of halogens is 2. The molecule has 0 saturated carbocycles. The van der Waals surface area contributed by atoms with Gasteiger partial charge in [-0.2, -0.15) is 0 Å². The van der Waals surface area contributed by atoms with Gasteiger partial charge in [0.25, 0.3) is 0 Å². The molecule has 4 nitrogen and oxygen atoms in total. The minimum Gasteiger partial charge on any atom is -0.344 e. The lowest BCUT2D eigenvalue weighted by Gasteiger charge is -2.16. The lowest BCUT2D eigenvalue weighted by Crippen LogP contribution is -2.30. The van der Waals surface area contributed by atoms with Crippen LogP contribution in [0, 0.1) is 0 Å². The number of carbonyl (C=O) groups is 1. The Morgan fingerprint density at radius 3 is 2.90 bits per heavy atom.